The van der Waals surface area contributed by atoms with E-state index in [2.05, 4.69) is 35.3 Å². The normalized spacial score (nSPS) is 11.2. The molecule has 36 heavy (non-hydrogen) atoms. The molecule has 186 valence electrons. The molecule has 3 heterocycles. The fourth-order valence-electron chi connectivity index (χ4n) is 3.31. The molecule has 3 N–H and O–H groups in total. The number of nitrogens with one attached hydrogen (secondary N) is 3. The number of anilines is 4. The van der Waals surface area contributed by atoms with Gasteiger partial charge in [0.2, 0.25) is 0 Å². The van der Waals surface area contributed by atoms with Crippen LogP contribution in [-0.2, 0) is 9.53 Å². The highest BCUT2D eigenvalue weighted by Gasteiger charge is 2.20. The van der Waals surface area contributed by atoms with E-state index in [0.717, 1.165) is 11.0 Å². The zero-order valence-corrected chi connectivity index (χ0v) is 21.3. The van der Waals surface area contributed by atoms with Crippen LogP contribution in [0, 0.1) is 6.92 Å². The first-order valence-electron chi connectivity index (χ1n) is 11.4. The Morgan fingerprint density at radius 3 is 2.50 bits per heavy atom. The fraction of sp³-hybridized carbons (Fsp3) is 0.280. The Balaban J connectivity index is 1.37. The lowest BCUT2D eigenvalue weighted by Crippen LogP contribution is -2.25. The maximum atomic E-state index is 13.1. The molecule has 0 unspecified atom stereocenters. The van der Waals surface area contributed by atoms with Gasteiger partial charge in [0.05, 0.1) is 46.8 Å². The third kappa shape index (κ3) is 6.51. The van der Waals surface area contributed by atoms with Crippen LogP contribution in [0.2, 0.25) is 0 Å². The molecule has 0 saturated heterocycles. The molecule has 0 bridgehead atoms. The van der Waals surface area contributed by atoms with E-state index in [1.165, 1.54) is 11.5 Å². The molecule has 0 aliphatic carbocycles. The number of ether oxygens (including phenoxy) is 1. The van der Waals surface area contributed by atoms with E-state index in [0.29, 0.717) is 40.1 Å². The highest BCUT2D eigenvalue weighted by molar-refractivity contribution is 7.10. The summed E-state index contributed by atoms with van der Waals surface area (Å²) in [5, 5.41) is 9.67. The number of rotatable bonds is 8. The van der Waals surface area contributed by atoms with Crippen molar-refractivity contribution in [2.45, 2.75) is 39.7 Å². The van der Waals surface area contributed by atoms with Crippen LogP contribution in [0.1, 0.15) is 43.2 Å². The summed E-state index contributed by atoms with van der Waals surface area (Å²) < 4.78 is 9.61. The first-order chi connectivity index (χ1) is 17.2. The summed E-state index contributed by atoms with van der Waals surface area (Å²) >= 11 is 1.18. The van der Waals surface area contributed by atoms with Gasteiger partial charge in [0.25, 0.3) is 5.91 Å². The van der Waals surface area contributed by atoms with Gasteiger partial charge < -0.3 is 20.7 Å². The average molecular weight is 506 g/mol. The highest BCUT2D eigenvalue weighted by atomic mass is 32.1. The Morgan fingerprint density at radius 1 is 1.00 bits per heavy atom. The standard InChI is InChI=1S/C25H27N7O3S/c1-15-22(24(36-32-15)31-20-14-27-17-7-5-6-8-18(17)30-20)23(34)29-16-9-10-19(28-13-16)26-12-11-21(33)35-25(2,3)4/h5-10,13-14H,11-12H2,1-4H3,(H,26,28)(H,29,34)(H,30,31). The first kappa shape index (κ1) is 25.0. The monoisotopic (exact) mass is 505 g/mol. The summed E-state index contributed by atoms with van der Waals surface area (Å²) in [4.78, 5) is 38.1. The number of nitrogens with zero attached hydrogens (tertiary/aromatic N) is 4. The van der Waals surface area contributed by atoms with Crippen molar-refractivity contribution in [2.75, 3.05) is 22.5 Å². The molecule has 3 aromatic heterocycles. The number of carbonyl (C=O) groups excluding carboxylic acids is 2. The van der Waals surface area contributed by atoms with Gasteiger partial charge in [-0.25, -0.2) is 9.97 Å². The van der Waals surface area contributed by atoms with Crippen molar-refractivity contribution in [1.29, 1.82) is 0 Å². The number of para-hydroxylation sites is 2. The number of hydrogen-bond donors (Lipinski definition) is 3. The minimum Gasteiger partial charge on any atom is -0.460 e. The third-order valence-corrected chi connectivity index (χ3v) is 5.71. The van der Waals surface area contributed by atoms with Crippen LogP contribution in [0.4, 0.5) is 22.3 Å². The zero-order chi connectivity index (χ0) is 25.7. The Labute approximate surface area is 212 Å². The van der Waals surface area contributed by atoms with Gasteiger partial charge in [-0.1, -0.05) is 12.1 Å². The minimum absolute atomic E-state index is 0.221. The van der Waals surface area contributed by atoms with E-state index in [-0.39, 0.29) is 18.3 Å². The second kappa shape index (κ2) is 10.6. The van der Waals surface area contributed by atoms with Crippen LogP contribution < -0.4 is 16.0 Å². The van der Waals surface area contributed by atoms with E-state index >= 15 is 0 Å². The third-order valence-electron chi connectivity index (χ3n) is 4.86. The molecule has 0 saturated carbocycles. The van der Waals surface area contributed by atoms with Crippen LogP contribution in [0.5, 0.6) is 0 Å². The number of carbonyl (C=O) groups is 2. The maximum Gasteiger partial charge on any atom is 0.308 e. The molecule has 11 heteroatoms. The molecule has 0 aliphatic rings. The molecule has 0 fully saturated rings. The van der Waals surface area contributed by atoms with Gasteiger partial charge in [0.15, 0.2) is 0 Å². The molecule has 0 spiro atoms. The Hall–Kier alpha value is -4.12. The van der Waals surface area contributed by atoms with Crippen molar-refractivity contribution in [1.82, 2.24) is 19.3 Å². The molecule has 1 amide bonds. The van der Waals surface area contributed by atoms with E-state index in [4.69, 9.17) is 4.74 Å². The number of fused-ring (bicyclic) bond motifs is 1. The maximum absolute atomic E-state index is 13.1. The number of aryl methyl sites for hydroxylation is 1. The Kier molecular flexibility index (Phi) is 7.39. The van der Waals surface area contributed by atoms with Crippen molar-refractivity contribution in [3.05, 3.63) is 60.0 Å². The lowest BCUT2D eigenvalue weighted by Gasteiger charge is -2.19. The van der Waals surface area contributed by atoms with Crippen molar-refractivity contribution in [3.8, 4) is 0 Å². The lowest BCUT2D eigenvalue weighted by atomic mass is 10.2. The molecule has 4 aromatic rings. The molecular weight excluding hydrogens is 478 g/mol. The number of hydrogen-bond acceptors (Lipinski definition) is 10. The second-order valence-electron chi connectivity index (χ2n) is 8.99. The smallest absolute Gasteiger partial charge is 0.308 e. The molecule has 0 radical (unpaired) electrons. The van der Waals surface area contributed by atoms with Crippen LogP contribution in [0.3, 0.4) is 0 Å². The summed E-state index contributed by atoms with van der Waals surface area (Å²) in [6.45, 7) is 7.66. The van der Waals surface area contributed by atoms with E-state index < -0.39 is 5.60 Å². The molecule has 4 rings (SSSR count). The molecule has 0 atom stereocenters. The van der Waals surface area contributed by atoms with E-state index in [9.17, 15) is 9.59 Å². The van der Waals surface area contributed by atoms with Crippen LogP contribution in [-0.4, -0.2) is 43.3 Å². The molecule has 0 aliphatic heterocycles. The number of benzene rings is 1. The fourth-order valence-corrected chi connectivity index (χ4v) is 4.11. The SMILES string of the molecule is Cc1nsc(Nc2cnc3ccccc3n2)c1C(=O)Nc1ccc(NCCC(=O)OC(C)(C)C)nc1. The summed E-state index contributed by atoms with van der Waals surface area (Å²) in [5.41, 5.74) is 2.58. The van der Waals surface area contributed by atoms with Crippen molar-refractivity contribution >= 4 is 56.8 Å². The van der Waals surface area contributed by atoms with Gasteiger partial charge in [-0.2, -0.15) is 4.37 Å². The van der Waals surface area contributed by atoms with Gasteiger partial charge in [-0.3, -0.25) is 14.6 Å². The molecule has 1 aromatic carbocycles. The number of pyridine rings is 1. The topological polar surface area (TPSA) is 131 Å². The van der Waals surface area contributed by atoms with Crippen molar-refractivity contribution in [2.24, 2.45) is 0 Å². The summed E-state index contributed by atoms with van der Waals surface area (Å²) in [5.74, 6) is 0.514. The van der Waals surface area contributed by atoms with Crippen LogP contribution in [0.25, 0.3) is 11.0 Å². The number of aromatic nitrogens is 4. The van der Waals surface area contributed by atoms with Gasteiger partial charge >= 0.3 is 5.97 Å². The second-order valence-corrected chi connectivity index (χ2v) is 9.76. The van der Waals surface area contributed by atoms with Gasteiger partial charge in [-0.15, -0.1) is 0 Å². The number of esters is 1. The van der Waals surface area contributed by atoms with Gasteiger partial charge in [0, 0.05) is 6.54 Å². The van der Waals surface area contributed by atoms with Gasteiger partial charge in [-0.05, 0) is 63.5 Å². The summed E-state index contributed by atoms with van der Waals surface area (Å²) in [6.07, 6.45) is 3.39. The first-order valence-corrected chi connectivity index (χ1v) is 12.1. The average Bonchev–Trinajstić information content (AvgIpc) is 3.19. The Morgan fingerprint density at radius 2 is 1.78 bits per heavy atom. The predicted octanol–water partition coefficient (Wildman–Crippen LogP) is 4.93. The van der Waals surface area contributed by atoms with E-state index in [1.807, 2.05) is 45.0 Å². The van der Waals surface area contributed by atoms with Crippen LogP contribution in [0.15, 0.2) is 48.8 Å². The largest absolute Gasteiger partial charge is 0.460 e. The molecule has 10 nitrogen and oxygen atoms in total. The lowest BCUT2D eigenvalue weighted by molar-refractivity contribution is -0.154. The number of amides is 1. The van der Waals surface area contributed by atoms with Crippen LogP contribution >= 0.6 is 11.5 Å². The molecular formula is C25H27N7O3S. The quantitative estimate of drug-likeness (QED) is 0.285. The summed E-state index contributed by atoms with van der Waals surface area (Å²) in [7, 11) is 0. The summed E-state index contributed by atoms with van der Waals surface area (Å²) in [6, 6.07) is 11.0. The van der Waals surface area contributed by atoms with Crippen molar-refractivity contribution in [3.63, 3.8) is 0 Å². The van der Waals surface area contributed by atoms with Crippen molar-refractivity contribution < 1.29 is 14.3 Å². The van der Waals surface area contributed by atoms with Gasteiger partial charge in [0.1, 0.15) is 22.2 Å². The predicted molar refractivity (Wildman–Crippen MR) is 141 cm³/mol. The van der Waals surface area contributed by atoms with E-state index in [1.54, 1.807) is 31.5 Å². The minimum atomic E-state index is -0.510. The zero-order valence-electron chi connectivity index (χ0n) is 20.5. The Bertz CT molecular complexity index is 1380. The highest BCUT2D eigenvalue weighted by Crippen LogP contribution is 2.28.